The van der Waals surface area contributed by atoms with Crippen LogP contribution in [0.3, 0.4) is 0 Å². The maximum atomic E-state index is 12.0. The van der Waals surface area contributed by atoms with E-state index >= 15 is 0 Å². The van der Waals surface area contributed by atoms with Crippen LogP contribution in [0.4, 0.5) is 0 Å². The van der Waals surface area contributed by atoms with Crippen molar-refractivity contribution in [3.05, 3.63) is 65.2 Å². The molecule has 2 aromatic rings. The van der Waals surface area contributed by atoms with E-state index in [0.29, 0.717) is 12.1 Å². The number of nitrogens with one attached hydrogen (secondary N) is 1. The van der Waals surface area contributed by atoms with Crippen molar-refractivity contribution < 1.29 is 9.63 Å². The van der Waals surface area contributed by atoms with E-state index in [1.807, 2.05) is 12.1 Å². The summed E-state index contributed by atoms with van der Waals surface area (Å²) in [5.41, 5.74) is 2.78. The third-order valence-electron chi connectivity index (χ3n) is 3.16. The number of nitrogens with zero attached hydrogens (tertiary/aromatic N) is 1. The molecule has 0 aliphatic heterocycles. The molecule has 5 heteroatoms. The Morgan fingerprint density at radius 3 is 2.52 bits per heavy atom. The van der Waals surface area contributed by atoms with Crippen LogP contribution >= 0.6 is 11.8 Å². The Kier molecular flexibility index (Phi) is 6.69. The predicted octanol–water partition coefficient (Wildman–Crippen LogP) is 3.50. The second-order valence-corrected chi connectivity index (χ2v) is 6.12. The molecule has 2 rings (SSSR count). The van der Waals surface area contributed by atoms with Gasteiger partial charge in [-0.2, -0.15) is 0 Å². The second-order valence-electron chi connectivity index (χ2n) is 4.96. The molecule has 1 N–H and O–H groups in total. The van der Waals surface area contributed by atoms with Crippen molar-refractivity contribution in [1.82, 2.24) is 5.32 Å². The number of benzene rings is 2. The van der Waals surface area contributed by atoms with Crippen LogP contribution in [0.25, 0.3) is 0 Å². The maximum absolute atomic E-state index is 12.0. The smallest absolute Gasteiger partial charge is 0.251 e. The number of hydrogen-bond acceptors (Lipinski definition) is 4. The summed E-state index contributed by atoms with van der Waals surface area (Å²) in [4.78, 5) is 17.9. The van der Waals surface area contributed by atoms with E-state index in [2.05, 4.69) is 46.5 Å². The van der Waals surface area contributed by atoms with Crippen LogP contribution in [0.1, 0.15) is 21.5 Å². The minimum absolute atomic E-state index is 0.0651. The Bertz CT molecular complexity index is 652. The fraction of sp³-hybridized carbons (Fsp3) is 0.222. The van der Waals surface area contributed by atoms with Crippen LogP contribution in [0, 0.1) is 6.92 Å². The average Bonchev–Trinajstić information content (AvgIpc) is 2.58. The number of carbonyl (C=O) groups excluding carboxylic acids is 1. The highest BCUT2D eigenvalue weighted by molar-refractivity contribution is 7.99. The Balaban J connectivity index is 1.76. The third kappa shape index (κ3) is 5.79. The predicted molar refractivity (Wildman–Crippen MR) is 95.3 cm³/mol. The maximum Gasteiger partial charge on any atom is 0.251 e. The van der Waals surface area contributed by atoms with Gasteiger partial charge in [-0.25, -0.2) is 0 Å². The van der Waals surface area contributed by atoms with E-state index in [1.165, 1.54) is 17.6 Å². The molecule has 0 aliphatic carbocycles. The van der Waals surface area contributed by atoms with E-state index in [9.17, 15) is 4.79 Å². The first-order valence-corrected chi connectivity index (χ1v) is 8.32. The van der Waals surface area contributed by atoms with Gasteiger partial charge in [0.05, 0.1) is 6.21 Å². The quantitative estimate of drug-likeness (QED) is 0.366. The van der Waals surface area contributed by atoms with E-state index in [1.54, 1.807) is 30.1 Å². The summed E-state index contributed by atoms with van der Waals surface area (Å²) >= 11 is 1.73. The molecule has 1 amide bonds. The van der Waals surface area contributed by atoms with Gasteiger partial charge in [-0.05, 0) is 36.8 Å². The van der Waals surface area contributed by atoms with Crippen molar-refractivity contribution in [2.24, 2.45) is 5.16 Å². The first-order chi connectivity index (χ1) is 11.2. The van der Waals surface area contributed by atoms with Gasteiger partial charge in [-0.3, -0.25) is 4.79 Å². The topological polar surface area (TPSA) is 50.7 Å². The minimum atomic E-state index is -0.0651. The molecule has 0 saturated carbocycles. The molecule has 0 spiro atoms. The Morgan fingerprint density at radius 1 is 1.17 bits per heavy atom. The Hall–Kier alpha value is -2.27. The van der Waals surface area contributed by atoms with Crippen LogP contribution in [0.5, 0.6) is 0 Å². The SMILES string of the molecule is CO/N=C/c1ccc(C(=O)NCCSc2ccc(C)cc2)cc1. The molecule has 4 nitrogen and oxygen atoms in total. The highest BCUT2D eigenvalue weighted by Gasteiger charge is 2.04. The number of oxime groups is 1. The summed E-state index contributed by atoms with van der Waals surface area (Å²) in [5.74, 6) is 0.776. The van der Waals surface area contributed by atoms with Gasteiger partial charge in [-0.15, -0.1) is 11.8 Å². The van der Waals surface area contributed by atoms with Crippen molar-refractivity contribution in [1.29, 1.82) is 0 Å². The molecule has 0 aliphatic rings. The van der Waals surface area contributed by atoms with Gasteiger partial charge < -0.3 is 10.2 Å². The van der Waals surface area contributed by atoms with Crippen LogP contribution in [-0.2, 0) is 4.84 Å². The zero-order chi connectivity index (χ0) is 16.5. The lowest BCUT2D eigenvalue weighted by atomic mass is 10.1. The molecule has 0 radical (unpaired) electrons. The molecule has 2 aromatic carbocycles. The van der Waals surface area contributed by atoms with E-state index in [4.69, 9.17) is 0 Å². The van der Waals surface area contributed by atoms with Crippen LogP contribution < -0.4 is 5.32 Å². The summed E-state index contributed by atoms with van der Waals surface area (Å²) in [6.45, 7) is 2.70. The highest BCUT2D eigenvalue weighted by Crippen LogP contribution is 2.17. The molecule has 0 aromatic heterocycles. The fourth-order valence-electron chi connectivity index (χ4n) is 1.90. The number of hydrogen-bond donors (Lipinski definition) is 1. The second kappa shape index (κ2) is 9.00. The molecule has 0 heterocycles. The van der Waals surface area contributed by atoms with Crippen molar-refractivity contribution in [3.63, 3.8) is 0 Å². The standard InChI is InChI=1S/C18H20N2O2S/c1-14-3-9-17(10-4-14)23-12-11-19-18(21)16-7-5-15(6-8-16)13-20-22-2/h3-10,13H,11-12H2,1-2H3,(H,19,21)/b20-13+. The normalized spacial score (nSPS) is 10.7. The van der Waals surface area contributed by atoms with Gasteiger partial charge in [-0.1, -0.05) is 35.0 Å². The van der Waals surface area contributed by atoms with Crippen molar-refractivity contribution in [2.45, 2.75) is 11.8 Å². The molecule has 120 valence electrons. The van der Waals surface area contributed by atoms with E-state index < -0.39 is 0 Å². The lowest BCUT2D eigenvalue weighted by Crippen LogP contribution is -2.25. The zero-order valence-electron chi connectivity index (χ0n) is 13.3. The molecule has 0 saturated heterocycles. The third-order valence-corrected chi connectivity index (χ3v) is 4.17. The summed E-state index contributed by atoms with van der Waals surface area (Å²) in [6.07, 6.45) is 1.60. The molecule has 0 atom stereocenters. The zero-order valence-corrected chi connectivity index (χ0v) is 14.1. The van der Waals surface area contributed by atoms with Crippen LogP contribution in [0.15, 0.2) is 58.6 Å². The van der Waals surface area contributed by atoms with Crippen LogP contribution in [-0.4, -0.2) is 31.5 Å². The Labute approximate surface area is 140 Å². The molecule has 0 bridgehead atoms. The lowest BCUT2D eigenvalue weighted by Gasteiger charge is -2.06. The van der Waals surface area contributed by atoms with Crippen molar-refractivity contribution in [3.8, 4) is 0 Å². The van der Waals surface area contributed by atoms with Crippen molar-refractivity contribution >= 4 is 23.9 Å². The summed E-state index contributed by atoms with van der Waals surface area (Å²) < 4.78 is 0. The summed E-state index contributed by atoms with van der Waals surface area (Å²) in [6, 6.07) is 15.6. The first kappa shape index (κ1) is 17.1. The van der Waals surface area contributed by atoms with Crippen LogP contribution in [0.2, 0.25) is 0 Å². The van der Waals surface area contributed by atoms with Gasteiger partial charge in [0.2, 0.25) is 0 Å². The molecular formula is C18H20N2O2S. The molecule has 0 fully saturated rings. The van der Waals surface area contributed by atoms with Crippen molar-refractivity contribution in [2.75, 3.05) is 19.4 Å². The highest BCUT2D eigenvalue weighted by atomic mass is 32.2. The van der Waals surface area contributed by atoms with Gasteiger partial charge in [0.25, 0.3) is 5.91 Å². The number of aryl methyl sites for hydroxylation is 1. The molecular weight excluding hydrogens is 308 g/mol. The molecule has 23 heavy (non-hydrogen) atoms. The largest absolute Gasteiger partial charge is 0.399 e. The molecule has 0 unspecified atom stereocenters. The van der Waals surface area contributed by atoms with Gasteiger partial charge in [0, 0.05) is 22.8 Å². The van der Waals surface area contributed by atoms with E-state index in [-0.39, 0.29) is 5.91 Å². The van der Waals surface area contributed by atoms with E-state index in [0.717, 1.165) is 11.3 Å². The fourth-order valence-corrected chi connectivity index (χ4v) is 2.67. The number of carbonyl (C=O) groups is 1. The number of amides is 1. The number of rotatable bonds is 7. The number of thioether (sulfide) groups is 1. The van der Waals surface area contributed by atoms with Gasteiger partial charge >= 0.3 is 0 Å². The Morgan fingerprint density at radius 2 is 1.87 bits per heavy atom. The first-order valence-electron chi connectivity index (χ1n) is 7.33. The average molecular weight is 328 g/mol. The van der Waals surface area contributed by atoms with Gasteiger partial charge in [0.15, 0.2) is 0 Å². The lowest BCUT2D eigenvalue weighted by molar-refractivity contribution is 0.0956. The minimum Gasteiger partial charge on any atom is -0.399 e. The summed E-state index contributed by atoms with van der Waals surface area (Å²) in [7, 11) is 1.49. The van der Waals surface area contributed by atoms with Gasteiger partial charge in [0.1, 0.15) is 7.11 Å². The monoisotopic (exact) mass is 328 g/mol. The summed E-state index contributed by atoms with van der Waals surface area (Å²) in [5, 5.41) is 6.61.